The third kappa shape index (κ3) is 4.35. The van der Waals surface area contributed by atoms with Gasteiger partial charge in [-0.1, -0.05) is 0 Å². The van der Waals surface area contributed by atoms with E-state index in [0.717, 1.165) is 17.1 Å². The van der Waals surface area contributed by atoms with Crippen LogP contribution in [0.1, 0.15) is 19.6 Å². The Hall–Kier alpha value is -2.43. The summed E-state index contributed by atoms with van der Waals surface area (Å²) in [5.41, 5.74) is 1.72. The van der Waals surface area contributed by atoms with Gasteiger partial charge in [-0.05, 0) is 50.2 Å². The molecule has 0 aliphatic rings. The van der Waals surface area contributed by atoms with Gasteiger partial charge < -0.3 is 20.4 Å². The Morgan fingerprint density at radius 3 is 2.45 bits per heavy atom. The van der Waals surface area contributed by atoms with Crippen LogP contribution in [0.15, 0.2) is 47.1 Å². The average molecular weight is 273 g/mol. The second-order valence-electron chi connectivity index (χ2n) is 4.76. The number of amides is 2. The molecular formula is C15H19N3O2. The zero-order valence-corrected chi connectivity index (χ0v) is 11.6. The van der Waals surface area contributed by atoms with Crippen LogP contribution in [0.2, 0.25) is 0 Å². The first kappa shape index (κ1) is 14.0. The maximum atomic E-state index is 11.5. The zero-order valence-electron chi connectivity index (χ0n) is 11.6. The fraction of sp³-hybridized carbons (Fsp3) is 0.267. The van der Waals surface area contributed by atoms with E-state index in [-0.39, 0.29) is 12.1 Å². The minimum Gasteiger partial charge on any atom is -0.467 e. The highest BCUT2D eigenvalue weighted by Crippen LogP contribution is 2.14. The lowest BCUT2D eigenvalue weighted by molar-refractivity contribution is 0.250. The van der Waals surface area contributed by atoms with Crippen molar-refractivity contribution in [2.45, 2.75) is 26.4 Å². The summed E-state index contributed by atoms with van der Waals surface area (Å²) in [5.74, 6) is 0.878. The fourth-order valence-electron chi connectivity index (χ4n) is 1.70. The molecule has 1 aromatic heterocycles. The lowest BCUT2D eigenvalue weighted by atomic mass is 10.2. The Balaban J connectivity index is 1.84. The summed E-state index contributed by atoms with van der Waals surface area (Å²) in [6.45, 7) is 4.47. The molecule has 0 unspecified atom stereocenters. The molecular weight excluding hydrogens is 254 g/mol. The van der Waals surface area contributed by atoms with Gasteiger partial charge in [0.1, 0.15) is 5.76 Å². The Morgan fingerprint density at radius 1 is 1.15 bits per heavy atom. The number of urea groups is 1. The van der Waals surface area contributed by atoms with Crippen LogP contribution in [0.5, 0.6) is 0 Å². The van der Waals surface area contributed by atoms with Crippen LogP contribution >= 0.6 is 0 Å². The molecule has 2 aromatic rings. The largest absolute Gasteiger partial charge is 0.467 e. The van der Waals surface area contributed by atoms with Gasteiger partial charge in [0.2, 0.25) is 0 Å². The van der Waals surface area contributed by atoms with E-state index in [2.05, 4.69) is 16.0 Å². The van der Waals surface area contributed by atoms with Gasteiger partial charge in [-0.3, -0.25) is 0 Å². The quantitative estimate of drug-likeness (QED) is 0.782. The normalized spacial score (nSPS) is 10.3. The van der Waals surface area contributed by atoms with Crippen LogP contribution in [0, 0.1) is 0 Å². The van der Waals surface area contributed by atoms with E-state index in [0.29, 0.717) is 6.54 Å². The Bertz CT molecular complexity index is 533. The third-order valence-electron chi connectivity index (χ3n) is 2.61. The molecule has 106 valence electrons. The third-order valence-corrected chi connectivity index (χ3v) is 2.61. The van der Waals surface area contributed by atoms with E-state index in [4.69, 9.17) is 4.42 Å². The molecule has 0 spiro atoms. The molecule has 0 fully saturated rings. The van der Waals surface area contributed by atoms with Gasteiger partial charge in [-0.25, -0.2) is 4.79 Å². The van der Waals surface area contributed by atoms with Crippen molar-refractivity contribution in [1.29, 1.82) is 0 Å². The molecule has 0 aliphatic carbocycles. The molecule has 0 saturated heterocycles. The van der Waals surface area contributed by atoms with Crippen molar-refractivity contribution >= 4 is 17.4 Å². The van der Waals surface area contributed by atoms with Gasteiger partial charge in [0.15, 0.2) is 0 Å². The van der Waals surface area contributed by atoms with Crippen LogP contribution < -0.4 is 16.0 Å². The molecule has 3 N–H and O–H groups in total. The summed E-state index contributed by atoms with van der Waals surface area (Å²) in [7, 11) is 0. The van der Waals surface area contributed by atoms with E-state index in [9.17, 15) is 4.79 Å². The number of hydrogen-bond acceptors (Lipinski definition) is 3. The molecule has 2 amide bonds. The number of benzene rings is 1. The van der Waals surface area contributed by atoms with Crippen molar-refractivity contribution in [1.82, 2.24) is 5.32 Å². The van der Waals surface area contributed by atoms with Crippen LogP contribution in [0.3, 0.4) is 0 Å². The minimum atomic E-state index is -0.198. The predicted molar refractivity (Wildman–Crippen MR) is 79.8 cm³/mol. The lowest BCUT2D eigenvalue weighted by Gasteiger charge is -2.11. The first-order valence-electron chi connectivity index (χ1n) is 6.57. The average Bonchev–Trinajstić information content (AvgIpc) is 2.90. The van der Waals surface area contributed by atoms with Crippen LogP contribution in [-0.2, 0) is 6.54 Å². The smallest absolute Gasteiger partial charge is 0.319 e. The van der Waals surface area contributed by atoms with Crippen molar-refractivity contribution in [3.05, 3.63) is 48.4 Å². The molecule has 5 nitrogen and oxygen atoms in total. The molecule has 5 heteroatoms. The van der Waals surface area contributed by atoms with E-state index >= 15 is 0 Å². The number of nitrogens with one attached hydrogen (secondary N) is 3. The molecule has 0 radical (unpaired) electrons. The van der Waals surface area contributed by atoms with Gasteiger partial charge in [-0.2, -0.15) is 0 Å². The SMILES string of the molecule is CC(C)NC(=O)Nc1ccc(NCc2ccco2)cc1. The highest BCUT2D eigenvalue weighted by Gasteiger charge is 2.03. The molecule has 20 heavy (non-hydrogen) atoms. The maximum absolute atomic E-state index is 11.5. The highest BCUT2D eigenvalue weighted by molar-refractivity contribution is 5.89. The van der Waals surface area contributed by atoms with Crippen LogP contribution in [0.4, 0.5) is 16.2 Å². The summed E-state index contributed by atoms with van der Waals surface area (Å²) in [6.07, 6.45) is 1.65. The second kappa shape index (κ2) is 6.65. The Kier molecular flexibility index (Phi) is 4.65. The van der Waals surface area contributed by atoms with Gasteiger partial charge in [-0.15, -0.1) is 0 Å². The molecule has 0 saturated carbocycles. The van der Waals surface area contributed by atoms with Crippen molar-refractivity contribution in [2.24, 2.45) is 0 Å². The standard InChI is InChI=1S/C15H19N3O2/c1-11(2)17-15(19)18-13-7-5-12(6-8-13)16-10-14-4-3-9-20-14/h3-9,11,16H,10H2,1-2H3,(H2,17,18,19). The van der Waals surface area contributed by atoms with Crippen molar-refractivity contribution in [2.75, 3.05) is 10.6 Å². The predicted octanol–water partition coefficient (Wildman–Crippen LogP) is 3.42. The number of rotatable bonds is 5. The topological polar surface area (TPSA) is 66.3 Å². The number of hydrogen-bond donors (Lipinski definition) is 3. The minimum absolute atomic E-state index is 0.115. The molecule has 0 atom stereocenters. The zero-order chi connectivity index (χ0) is 14.4. The Labute approximate surface area is 118 Å². The van der Waals surface area contributed by atoms with Gasteiger partial charge in [0.05, 0.1) is 12.8 Å². The first-order chi connectivity index (χ1) is 9.63. The number of carbonyl (C=O) groups is 1. The maximum Gasteiger partial charge on any atom is 0.319 e. The van der Waals surface area contributed by atoms with E-state index in [1.54, 1.807) is 6.26 Å². The van der Waals surface area contributed by atoms with Crippen molar-refractivity contribution in [3.63, 3.8) is 0 Å². The highest BCUT2D eigenvalue weighted by atomic mass is 16.3. The summed E-state index contributed by atoms with van der Waals surface area (Å²) >= 11 is 0. The molecule has 2 rings (SSSR count). The summed E-state index contributed by atoms with van der Waals surface area (Å²) in [6, 6.07) is 11.2. The van der Waals surface area contributed by atoms with Crippen LogP contribution in [-0.4, -0.2) is 12.1 Å². The van der Waals surface area contributed by atoms with Gasteiger partial charge in [0.25, 0.3) is 0 Å². The van der Waals surface area contributed by atoms with Crippen molar-refractivity contribution < 1.29 is 9.21 Å². The van der Waals surface area contributed by atoms with Crippen LogP contribution in [0.25, 0.3) is 0 Å². The van der Waals surface area contributed by atoms with E-state index in [1.165, 1.54) is 0 Å². The van der Waals surface area contributed by atoms with E-state index in [1.807, 2.05) is 50.2 Å². The number of anilines is 2. The number of furan rings is 1. The van der Waals surface area contributed by atoms with E-state index < -0.39 is 0 Å². The second-order valence-corrected chi connectivity index (χ2v) is 4.76. The van der Waals surface area contributed by atoms with Gasteiger partial charge in [0, 0.05) is 17.4 Å². The lowest BCUT2D eigenvalue weighted by Crippen LogP contribution is -2.34. The van der Waals surface area contributed by atoms with Gasteiger partial charge >= 0.3 is 6.03 Å². The molecule has 1 aromatic carbocycles. The Morgan fingerprint density at radius 2 is 1.85 bits per heavy atom. The monoisotopic (exact) mass is 273 g/mol. The summed E-state index contributed by atoms with van der Waals surface area (Å²) in [5, 5.41) is 8.78. The first-order valence-corrected chi connectivity index (χ1v) is 6.57. The fourth-order valence-corrected chi connectivity index (χ4v) is 1.70. The number of carbonyl (C=O) groups excluding carboxylic acids is 1. The summed E-state index contributed by atoms with van der Waals surface area (Å²) < 4.78 is 5.24. The molecule has 0 bridgehead atoms. The molecule has 1 heterocycles. The molecule has 0 aliphatic heterocycles. The van der Waals surface area contributed by atoms with Crippen molar-refractivity contribution in [3.8, 4) is 0 Å². The summed E-state index contributed by atoms with van der Waals surface area (Å²) in [4.78, 5) is 11.5.